The predicted octanol–water partition coefficient (Wildman–Crippen LogP) is 4.82. The second-order valence-corrected chi connectivity index (χ2v) is 6.92. The summed E-state index contributed by atoms with van der Waals surface area (Å²) in [6.07, 6.45) is 5.78. The van der Waals surface area contributed by atoms with Gasteiger partial charge in [-0.1, -0.05) is 36.2 Å². The summed E-state index contributed by atoms with van der Waals surface area (Å²) in [4.78, 5) is 14.5. The Morgan fingerprint density at radius 1 is 1.27 bits per heavy atom. The lowest BCUT2D eigenvalue weighted by molar-refractivity contribution is 0.0413. The quantitative estimate of drug-likeness (QED) is 0.275. The summed E-state index contributed by atoms with van der Waals surface area (Å²) >= 11 is 3.49. The van der Waals surface area contributed by atoms with Gasteiger partial charge in [0.2, 0.25) is 0 Å². The summed E-state index contributed by atoms with van der Waals surface area (Å²) in [5.41, 5.74) is 11.6. The van der Waals surface area contributed by atoms with Gasteiger partial charge in [0.1, 0.15) is 5.69 Å². The van der Waals surface area contributed by atoms with E-state index in [1.165, 1.54) is 0 Å². The van der Waals surface area contributed by atoms with Gasteiger partial charge in [-0.25, -0.2) is 10.5 Å². The van der Waals surface area contributed by atoms with Crippen molar-refractivity contribution in [3.05, 3.63) is 22.7 Å². The molecule has 0 saturated carbocycles. The molecule has 0 atom stereocenters. The van der Waals surface area contributed by atoms with E-state index in [2.05, 4.69) is 50.6 Å². The molecule has 0 spiro atoms. The number of nitrogen functional groups attached to an aromatic ring is 1. The van der Waals surface area contributed by atoms with E-state index < -0.39 is 0 Å². The van der Waals surface area contributed by atoms with Crippen LogP contribution in [0.5, 0.6) is 0 Å². The fraction of sp³-hybridized carbons (Fsp3) is 0.474. The van der Waals surface area contributed by atoms with Crippen molar-refractivity contribution in [3.8, 4) is 0 Å². The van der Waals surface area contributed by atoms with Crippen LogP contribution >= 0.6 is 15.9 Å². The standard InChI is InChI=1S/C19H28BrN5O/c1-3-5-10-23-18-17(22-11-6-12-26-24-9-4-2)15-8-7-14(20)13-16(15)25-19(18)21/h7-8,10,13,24H,3-6,9,11-12H2,1-2H3,(H3,21,22,25). The van der Waals surface area contributed by atoms with Gasteiger partial charge in [-0.05, 0) is 37.5 Å². The first-order valence-electron chi connectivity index (χ1n) is 9.17. The van der Waals surface area contributed by atoms with Gasteiger partial charge in [0.15, 0.2) is 5.82 Å². The minimum absolute atomic E-state index is 0.436. The maximum atomic E-state index is 6.19. The van der Waals surface area contributed by atoms with Crippen molar-refractivity contribution >= 4 is 50.2 Å². The van der Waals surface area contributed by atoms with Crippen LogP contribution in [0.25, 0.3) is 10.9 Å². The molecule has 2 aromatic rings. The van der Waals surface area contributed by atoms with Gasteiger partial charge in [0.25, 0.3) is 0 Å². The Morgan fingerprint density at radius 2 is 2.12 bits per heavy atom. The van der Waals surface area contributed by atoms with Crippen LogP contribution in [0.3, 0.4) is 0 Å². The lowest BCUT2D eigenvalue weighted by atomic mass is 10.1. The first-order valence-corrected chi connectivity index (χ1v) is 9.96. The number of hydrogen-bond acceptors (Lipinski definition) is 6. The third-order valence-corrected chi connectivity index (χ3v) is 4.26. The van der Waals surface area contributed by atoms with Crippen LogP contribution in [0.1, 0.15) is 39.5 Å². The molecule has 4 N–H and O–H groups in total. The van der Waals surface area contributed by atoms with Crippen molar-refractivity contribution in [1.29, 1.82) is 0 Å². The Labute approximate surface area is 163 Å². The van der Waals surface area contributed by atoms with E-state index in [1.54, 1.807) is 0 Å². The molecule has 1 heterocycles. The Kier molecular flexibility index (Phi) is 8.80. The molecule has 0 bridgehead atoms. The van der Waals surface area contributed by atoms with Gasteiger partial charge in [-0.3, -0.25) is 4.99 Å². The zero-order valence-corrected chi connectivity index (χ0v) is 17.1. The minimum Gasteiger partial charge on any atom is -0.383 e. The van der Waals surface area contributed by atoms with Gasteiger partial charge < -0.3 is 15.9 Å². The second-order valence-electron chi connectivity index (χ2n) is 6.01. The molecule has 7 heteroatoms. The minimum atomic E-state index is 0.436. The van der Waals surface area contributed by atoms with Crippen molar-refractivity contribution in [2.24, 2.45) is 4.99 Å². The molecule has 0 aliphatic carbocycles. The molecule has 26 heavy (non-hydrogen) atoms. The zero-order valence-electron chi connectivity index (χ0n) is 15.5. The summed E-state index contributed by atoms with van der Waals surface area (Å²) < 4.78 is 0.973. The van der Waals surface area contributed by atoms with E-state index in [4.69, 9.17) is 10.6 Å². The largest absolute Gasteiger partial charge is 0.383 e. The smallest absolute Gasteiger partial charge is 0.152 e. The van der Waals surface area contributed by atoms with Crippen LogP contribution in [0.4, 0.5) is 17.2 Å². The number of anilines is 2. The third kappa shape index (κ3) is 5.93. The van der Waals surface area contributed by atoms with Crippen molar-refractivity contribution in [1.82, 2.24) is 10.5 Å². The number of nitrogens with zero attached hydrogens (tertiary/aromatic N) is 2. The number of nitrogens with one attached hydrogen (secondary N) is 2. The Balaban J connectivity index is 2.18. The van der Waals surface area contributed by atoms with E-state index in [9.17, 15) is 0 Å². The number of aliphatic imine (C=N–C) groups is 1. The lowest BCUT2D eigenvalue weighted by Gasteiger charge is -2.14. The predicted molar refractivity (Wildman–Crippen MR) is 114 cm³/mol. The highest BCUT2D eigenvalue weighted by Gasteiger charge is 2.12. The highest BCUT2D eigenvalue weighted by molar-refractivity contribution is 9.10. The van der Waals surface area contributed by atoms with Gasteiger partial charge >= 0.3 is 0 Å². The summed E-state index contributed by atoms with van der Waals surface area (Å²) in [7, 11) is 0. The first kappa shape index (κ1) is 20.6. The number of hydroxylamine groups is 1. The molecular formula is C19H28BrN5O. The number of nitrogens with two attached hydrogens (primary N) is 1. The average Bonchev–Trinajstić information content (AvgIpc) is 2.62. The average molecular weight is 422 g/mol. The van der Waals surface area contributed by atoms with E-state index in [-0.39, 0.29) is 0 Å². The number of aromatic nitrogens is 1. The molecule has 142 valence electrons. The van der Waals surface area contributed by atoms with Crippen molar-refractivity contribution < 1.29 is 4.84 Å². The Bertz CT molecular complexity index is 735. The van der Waals surface area contributed by atoms with Gasteiger partial charge in [0.05, 0.1) is 17.8 Å². The molecule has 0 saturated heterocycles. The topological polar surface area (TPSA) is 84.6 Å². The molecule has 0 aliphatic heterocycles. The van der Waals surface area contributed by atoms with Crippen LogP contribution in [0.2, 0.25) is 0 Å². The molecule has 2 rings (SSSR count). The second kappa shape index (κ2) is 11.1. The van der Waals surface area contributed by atoms with Crippen LogP contribution in [0.15, 0.2) is 27.7 Å². The SMILES string of the molecule is CCCC=Nc1c(N)nc2cc(Br)ccc2c1NCCCONCCC. The van der Waals surface area contributed by atoms with Crippen LogP contribution < -0.4 is 16.5 Å². The number of unbranched alkanes of at least 4 members (excludes halogenated alkanes) is 1. The zero-order chi connectivity index (χ0) is 18.8. The van der Waals surface area contributed by atoms with E-state index in [0.717, 1.165) is 59.8 Å². The first-order chi connectivity index (χ1) is 12.7. The molecule has 0 aliphatic rings. The molecule has 1 aromatic carbocycles. The third-order valence-electron chi connectivity index (χ3n) is 3.77. The number of rotatable bonds is 11. The Morgan fingerprint density at radius 3 is 2.88 bits per heavy atom. The maximum absolute atomic E-state index is 6.19. The molecular weight excluding hydrogens is 394 g/mol. The molecule has 0 fully saturated rings. The molecule has 6 nitrogen and oxygen atoms in total. The Hall–Kier alpha value is -1.70. The highest BCUT2D eigenvalue weighted by Crippen LogP contribution is 2.37. The number of halogens is 1. The van der Waals surface area contributed by atoms with Crippen molar-refractivity contribution in [3.63, 3.8) is 0 Å². The van der Waals surface area contributed by atoms with Gasteiger partial charge in [0, 0.05) is 29.2 Å². The van der Waals surface area contributed by atoms with E-state index in [1.807, 2.05) is 24.4 Å². The van der Waals surface area contributed by atoms with Crippen LogP contribution in [0, 0.1) is 0 Å². The molecule has 0 amide bonds. The number of hydrogen-bond donors (Lipinski definition) is 3. The highest BCUT2D eigenvalue weighted by atomic mass is 79.9. The molecule has 1 aromatic heterocycles. The molecule has 0 unspecified atom stereocenters. The van der Waals surface area contributed by atoms with Crippen LogP contribution in [-0.4, -0.2) is 30.9 Å². The summed E-state index contributed by atoms with van der Waals surface area (Å²) in [5, 5.41) is 4.49. The number of benzene rings is 1. The van der Waals surface area contributed by atoms with Gasteiger partial charge in [-0.2, -0.15) is 0 Å². The fourth-order valence-electron chi connectivity index (χ4n) is 2.45. The summed E-state index contributed by atoms with van der Waals surface area (Å²) in [6.45, 7) is 6.50. The van der Waals surface area contributed by atoms with Crippen molar-refractivity contribution in [2.75, 3.05) is 30.7 Å². The fourth-order valence-corrected chi connectivity index (χ4v) is 2.79. The summed E-state index contributed by atoms with van der Waals surface area (Å²) in [5.74, 6) is 0.436. The van der Waals surface area contributed by atoms with Gasteiger partial charge in [-0.15, -0.1) is 0 Å². The monoisotopic (exact) mass is 421 g/mol. The van der Waals surface area contributed by atoms with Crippen molar-refractivity contribution in [2.45, 2.75) is 39.5 Å². The normalized spacial score (nSPS) is 11.5. The lowest BCUT2D eigenvalue weighted by Crippen LogP contribution is -2.17. The maximum Gasteiger partial charge on any atom is 0.152 e. The van der Waals surface area contributed by atoms with Crippen LogP contribution in [-0.2, 0) is 4.84 Å². The van der Waals surface area contributed by atoms with E-state index in [0.29, 0.717) is 18.1 Å². The summed E-state index contributed by atoms with van der Waals surface area (Å²) in [6, 6.07) is 6.00. The molecule has 0 radical (unpaired) electrons. The van der Waals surface area contributed by atoms with E-state index >= 15 is 0 Å². The number of fused-ring (bicyclic) bond motifs is 1. The number of pyridine rings is 1.